The van der Waals surface area contributed by atoms with Crippen LogP contribution < -0.4 is 5.32 Å². The van der Waals surface area contributed by atoms with E-state index in [1.165, 1.54) is 0 Å². The van der Waals surface area contributed by atoms with Gasteiger partial charge in [0.05, 0.1) is 24.4 Å². The van der Waals surface area contributed by atoms with Gasteiger partial charge >= 0.3 is 0 Å². The highest BCUT2D eigenvalue weighted by atomic mass is 16.5. The van der Waals surface area contributed by atoms with Gasteiger partial charge in [0.15, 0.2) is 5.76 Å². The number of nitrogens with zero attached hydrogens (tertiary/aromatic N) is 4. The summed E-state index contributed by atoms with van der Waals surface area (Å²) in [5.74, 6) is 3.10. The molecule has 2 aliphatic rings. The van der Waals surface area contributed by atoms with Gasteiger partial charge in [0.1, 0.15) is 11.5 Å². The third-order valence-electron chi connectivity index (χ3n) is 6.36. The Balaban J connectivity index is 1.22. The summed E-state index contributed by atoms with van der Waals surface area (Å²) in [5.41, 5.74) is 1.63. The molecule has 0 radical (unpaired) electrons. The predicted molar refractivity (Wildman–Crippen MR) is 114 cm³/mol. The fourth-order valence-corrected chi connectivity index (χ4v) is 4.93. The number of likely N-dealkylation sites (tertiary alicyclic amines) is 1. The van der Waals surface area contributed by atoms with Crippen molar-refractivity contribution in [3.05, 3.63) is 60.6 Å². The summed E-state index contributed by atoms with van der Waals surface area (Å²) in [7, 11) is 1.82. The molecule has 0 unspecified atom stereocenters. The van der Waals surface area contributed by atoms with Crippen molar-refractivity contribution in [1.29, 1.82) is 0 Å². The molecule has 0 spiro atoms. The van der Waals surface area contributed by atoms with Gasteiger partial charge in [-0.3, -0.25) is 9.88 Å². The summed E-state index contributed by atoms with van der Waals surface area (Å²) in [6.07, 6.45) is 5.96. The Bertz CT molecular complexity index is 948. The number of fused-ring (bicyclic) bond motifs is 1. The third kappa shape index (κ3) is 4.08. The number of hydrogen-bond acceptors (Lipinski definition) is 7. The fraction of sp³-hybridized carbons (Fsp3) is 0.435. The van der Waals surface area contributed by atoms with E-state index in [0.29, 0.717) is 11.8 Å². The maximum atomic E-state index is 5.85. The largest absolute Gasteiger partial charge is 0.379 e. The molecule has 0 amide bonds. The van der Waals surface area contributed by atoms with Gasteiger partial charge in [0.25, 0.3) is 0 Å². The van der Waals surface area contributed by atoms with Crippen LogP contribution in [0.1, 0.15) is 18.6 Å². The summed E-state index contributed by atoms with van der Waals surface area (Å²) >= 11 is 0. The molecule has 7 heteroatoms. The number of nitrogens with one attached hydrogen (secondary N) is 1. The summed E-state index contributed by atoms with van der Waals surface area (Å²) in [5, 5.41) is 7.79. The molecule has 1 saturated heterocycles. The molecule has 1 N–H and O–H groups in total. The summed E-state index contributed by atoms with van der Waals surface area (Å²) in [4.78, 5) is 11.3. The molecule has 5 rings (SSSR count). The third-order valence-corrected chi connectivity index (χ3v) is 6.36. The summed E-state index contributed by atoms with van der Waals surface area (Å²) in [6, 6.07) is 14.1. The zero-order valence-corrected chi connectivity index (χ0v) is 17.1. The number of ether oxygens (including phenoxy) is 1. The van der Waals surface area contributed by atoms with Gasteiger partial charge in [0, 0.05) is 38.7 Å². The van der Waals surface area contributed by atoms with Crippen molar-refractivity contribution in [3.8, 4) is 11.4 Å². The van der Waals surface area contributed by atoms with Crippen LogP contribution in [0, 0.1) is 11.8 Å². The highest BCUT2D eigenvalue weighted by molar-refractivity contribution is 5.52. The normalized spacial score (nSPS) is 26.4. The second-order valence-electron chi connectivity index (χ2n) is 8.32. The van der Waals surface area contributed by atoms with E-state index < -0.39 is 0 Å². The molecule has 1 aliphatic carbocycles. The Kier molecular flexibility index (Phi) is 5.46. The van der Waals surface area contributed by atoms with Gasteiger partial charge in [0.2, 0.25) is 0 Å². The second-order valence-corrected chi connectivity index (χ2v) is 8.32. The first kappa shape index (κ1) is 19.2. The standard InChI is InChI=1S/C23H27N5O2/c1-29-22-11-17-14-28(13-16(17)10-21(22)26-23-7-3-5-9-25-23)15-18-12-20(27-30-18)19-6-2-4-8-24-19/h2-9,12,16-17,21-22H,10-11,13-15H2,1H3,(H,25,26)/t16-,17+,21-,22-/m1/s1. The van der Waals surface area contributed by atoms with Crippen LogP contribution in [0.5, 0.6) is 0 Å². The van der Waals surface area contributed by atoms with E-state index in [2.05, 4.69) is 25.3 Å². The van der Waals surface area contributed by atoms with E-state index in [-0.39, 0.29) is 12.1 Å². The Morgan fingerprint density at radius 1 is 1.03 bits per heavy atom. The van der Waals surface area contributed by atoms with E-state index in [9.17, 15) is 0 Å². The lowest BCUT2D eigenvalue weighted by molar-refractivity contribution is 0.0304. The lowest BCUT2D eigenvalue weighted by atomic mass is 9.77. The molecule has 1 aliphatic heterocycles. The summed E-state index contributed by atoms with van der Waals surface area (Å²) < 4.78 is 11.4. The molecule has 3 aromatic heterocycles. The Labute approximate surface area is 176 Å². The Hall–Kier alpha value is -2.77. The smallest absolute Gasteiger partial charge is 0.151 e. The van der Waals surface area contributed by atoms with Crippen LogP contribution in [0.25, 0.3) is 11.4 Å². The lowest BCUT2D eigenvalue weighted by Crippen LogP contribution is -2.44. The molecular formula is C23H27N5O2. The van der Waals surface area contributed by atoms with Gasteiger partial charge in [-0.15, -0.1) is 0 Å². The predicted octanol–water partition coefficient (Wildman–Crippen LogP) is 3.47. The van der Waals surface area contributed by atoms with Gasteiger partial charge < -0.3 is 14.6 Å². The molecule has 30 heavy (non-hydrogen) atoms. The van der Waals surface area contributed by atoms with Gasteiger partial charge in [-0.05, 0) is 48.9 Å². The van der Waals surface area contributed by atoms with Crippen molar-refractivity contribution in [1.82, 2.24) is 20.0 Å². The van der Waals surface area contributed by atoms with E-state index in [1.807, 2.05) is 55.8 Å². The van der Waals surface area contributed by atoms with Crippen molar-refractivity contribution in [2.75, 3.05) is 25.5 Å². The van der Waals surface area contributed by atoms with Crippen LogP contribution in [0.3, 0.4) is 0 Å². The molecular weight excluding hydrogens is 378 g/mol. The van der Waals surface area contributed by atoms with Crippen molar-refractivity contribution in [2.45, 2.75) is 31.5 Å². The zero-order chi connectivity index (χ0) is 20.3. The number of hydrogen-bond donors (Lipinski definition) is 1. The average molecular weight is 406 g/mol. The molecule has 7 nitrogen and oxygen atoms in total. The first-order valence-corrected chi connectivity index (χ1v) is 10.6. The highest BCUT2D eigenvalue weighted by Gasteiger charge is 2.42. The number of anilines is 1. The Morgan fingerprint density at radius 2 is 1.83 bits per heavy atom. The first-order valence-electron chi connectivity index (χ1n) is 10.6. The van der Waals surface area contributed by atoms with Crippen molar-refractivity contribution >= 4 is 5.82 Å². The molecule has 0 aromatic carbocycles. The minimum atomic E-state index is 0.203. The Morgan fingerprint density at radius 3 is 2.57 bits per heavy atom. The lowest BCUT2D eigenvalue weighted by Gasteiger charge is -2.37. The maximum absolute atomic E-state index is 5.85. The number of aromatic nitrogens is 3. The van der Waals surface area contributed by atoms with Gasteiger partial charge in [-0.25, -0.2) is 4.98 Å². The molecule has 1 saturated carbocycles. The minimum Gasteiger partial charge on any atom is -0.379 e. The monoisotopic (exact) mass is 405 g/mol. The SMILES string of the molecule is CO[C@@H]1C[C@H]2CN(Cc3cc(-c4ccccn4)no3)C[C@H]2C[C@H]1Nc1ccccn1. The van der Waals surface area contributed by atoms with Crippen LogP contribution in [0.4, 0.5) is 5.82 Å². The van der Waals surface area contributed by atoms with Crippen molar-refractivity contribution < 1.29 is 9.26 Å². The van der Waals surface area contributed by atoms with Crippen LogP contribution >= 0.6 is 0 Å². The van der Waals surface area contributed by atoms with E-state index in [1.54, 1.807) is 6.20 Å². The molecule has 3 aromatic rings. The van der Waals surface area contributed by atoms with E-state index >= 15 is 0 Å². The molecule has 0 bridgehead atoms. The van der Waals surface area contributed by atoms with E-state index in [4.69, 9.17) is 9.26 Å². The average Bonchev–Trinajstić information content (AvgIpc) is 3.41. The van der Waals surface area contributed by atoms with E-state index in [0.717, 1.165) is 55.4 Å². The number of rotatable bonds is 6. The first-order chi connectivity index (χ1) is 14.8. The molecule has 156 valence electrons. The maximum Gasteiger partial charge on any atom is 0.151 e. The fourth-order valence-electron chi connectivity index (χ4n) is 4.93. The van der Waals surface area contributed by atoms with Crippen LogP contribution in [0.15, 0.2) is 59.4 Å². The van der Waals surface area contributed by atoms with Crippen molar-refractivity contribution in [3.63, 3.8) is 0 Å². The topological polar surface area (TPSA) is 76.3 Å². The van der Waals surface area contributed by atoms with Gasteiger partial charge in [-0.2, -0.15) is 0 Å². The number of pyridine rings is 2. The zero-order valence-electron chi connectivity index (χ0n) is 17.1. The molecule has 4 atom stereocenters. The quantitative estimate of drug-likeness (QED) is 0.673. The minimum absolute atomic E-state index is 0.203. The van der Waals surface area contributed by atoms with Crippen LogP contribution in [-0.2, 0) is 11.3 Å². The van der Waals surface area contributed by atoms with Gasteiger partial charge in [-0.1, -0.05) is 17.3 Å². The molecule has 2 fully saturated rings. The summed E-state index contributed by atoms with van der Waals surface area (Å²) in [6.45, 7) is 2.92. The van der Waals surface area contributed by atoms with Crippen LogP contribution in [0.2, 0.25) is 0 Å². The van der Waals surface area contributed by atoms with Crippen molar-refractivity contribution in [2.24, 2.45) is 11.8 Å². The second kappa shape index (κ2) is 8.53. The number of methoxy groups -OCH3 is 1. The van der Waals surface area contributed by atoms with Crippen LogP contribution in [-0.4, -0.2) is 52.4 Å². The highest BCUT2D eigenvalue weighted by Crippen LogP contribution is 2.39. The molecule has 4 heterocycles.